The molecular weight excluding hydrogens is 264 g/mol. The zero-order valence-corrected chi connectivity index (χ0v) is 13.3. The monoisotopic (exact) mass is 290 g/mol. The van der Waals surface area contributed by atoms with Crippen LogP contribution in [0.4, 0.5) is 5.82 Å². The van der Waals surface area contributed by atoms with Gasteiger partial charge >= 0.3 is 0 Å². The number of nitrogens with zero attached hydrogens (tertiary/aromatic N) is 3. The second-order valence-corrected chi connectivity index (χ2v) is 5.88. The van der Waals surface area contributed by atoms with Crippen LogP contribution in [-0.4, -0.2) is 43.3 Å². The van der Waals surface area contributed by atoms with E-state index < -0.39 is 0 Å². The molecule has 1 aromatic rings. The molecule has 0 fully saturated rings. The molecule has 116 valence electrons. The van der Waals surface area contributed by atoms with Crippen LogP contribution in [0.1, 0.15) is 26.0 Å². The van der Waals surface area contributed by atoms with Gasteiger partial charge in [0.2, 0.25) is 0 Å². The van der Waals surface area contributed by atoms with Gasteiger partial charge in [0.25, 0.3) is 0 Å². The van der Waals surface area contributed by atoms with Crippen LogP contribution >= 0.6 is 0 Å². The zero-order valence-electron chi connectivity index (χ0n) is 13.3. The summed E-state index contributed by atoms with van der Waals surface area (Å²) < 4.78 is 5.17. The molecule has 1 aromatic heterocycles. The Balaban J connectivity index is 1.85. The molecule has 0 spiro atoms. The Bertz CT molecular complexity index is 456. The molecule has 1 N–H and O–H groups in total. The van der Waals surface area contributed by atoms with Gasteiger partial charge in [-0.2, -0.15) is 0 Å². The third-order valence-corrected chi connectivity index (χ3v) is 3.51. The first-order valence-electron chi connectivity index (χ1n) is 7.62. The Morgan fingerprint density at radius 2 is 2.19 bits per heavy atom. The Kier molecular flexibility index (Phi) is 6.14. The molecule has 5 heteroatoms. The van der Waals surface area contributed by atoms with Crippen LogP contribution in [0.5, 0.6) is 0 Å². The van der Waals surface area contributed by atoms with Crippen LogP contribution in [0.2, 0.25) is 0 Å². The van der Waals surface area contributed by atoms with Crippen molar-refractivity contribution in [2.24, 2.45) is 5.92 Å². The number of ether oxygens (including phenoxy) is 1. The van der Waals surface area contributed by atoms with E-state index in [0.717, 1.165) is 50.7 Å². The quantitative estimate of drug-likeness (QED) is 0.778. The lowest BCUT2D eigenvalue weighted by Crippen LogP contribution is -2.30. The number of aromatic nitrogens is 2. The van der Waals surface area contributed by atoms with Crippen LogP contribution in [0.25, 0.3) is 0 Å². The molecule has 0 bridgehead atoms. The van der Waals surface area contributed by atoms with Crippen molar-refractivity contribution in [2.45, 2.75) is 26.8 Å². The summed E-state index contributed by atoms with van der Waals surface area (Å²) in [5.41, 5.74) is 2.36. The van der Waals surface area contributed by atoms with Crippen molar-refractivity contribution in [3.8, 4) is 0 Å². The Morgan fingerprint density at radius 1 is 1.33 bits per heavy atom. The maximum Gasteiger partial charge on any atom is 0.147 e. The highest BCUT2D eigenvalue weighted by Gasteiger charge is 2.13. The van der Waals surface area contributed by atoms with Crippen LogP contribution in [0, 0.1) is 5.92 Å². The normalized spacial score (nSPS) is 15.4. The molecule has 0 aromatic carbocycles. The van der Waals surface area contributed by atoms with Gasteiger partial charge in [0, 0.05) is 26.7 Å². The first kappa shape index (κ1) is 15.9. The number of rotatable bonds is 7. The van der Waals surface area contributed by atoms with E-state index >= 15 is 0 Å². The number of anilines is 1. The van der Waals surface area contributed by atoms with E-state index in [9.17, 15) is 0 Å². The van der Waals surface area contributed by atoms with Gasteiger partial charge in [-0.3, -0.25) is 4.98 Å². The van der Waals surface area contributed by atoms with Gasteiger partial charge in [0.05, 0.1) is 24.7 Å². The van der Waals surface area contributed by atoms with Crippen LogP contribution in [0.15, 0.2) is 24.0 Å². The lowest BCUT2D eigenvalue weighted by molar-refractivity contribution is 0.222. The average molecular weight is 290 g/mol. The lowest BCUT2D eigenvalue weighted by Gasteiger charge is -2.27. The molecule has 0 amide bonds. The molecule has 0 radical (unpaired) electrons. The fourth-order valence-corrected chi connectivity index (χ4v) is 2.33. The minimum Gasteiger partial charge on any atom is -0.380 e. The van der Waals surface area contributed by atoms with E-state index in [1.807, 2.05) is 12.4 Å². The molecule has 1 aliphatic heterocycles. The topological polar surface area (TPSA) is 50.3 Å². The third kappa shape index (κ3) is 5.10. The van der Waals surface area contributed by atoms with E-state index in [1.165, 1.54) is 5.57 Å². The Labute approximate surface area is 127 Å². The van der Waals surface area contributed by atoms with Gasteiger partial charge in [-0.15, -0.1) is 0 Å². The fraction of sp³-hybridized carbons (Fsp3) is 0.625. The first-order chi connectivity index (χ1) is 10.2. The van der Waals surface area contributed by atoms with Gasteiger partial charge < -0.3 is 15.0 Å². The molecule has 1 aliphatic rings. The van der Waals surface area contributed by atoms with Crippen LogP contribution in [-0.2, 0) is 11.3 Å². The number of hydrogen-bond donors (Lipinski definition) is 1. The summed E-state index contributed by atoms with van der Waals surface area (Å²) in [6, 6.07) is 0. The number of methoxy groups -OCH3 is 1. The molecule has 2 rings (SSSR count). The average Bonchev–Trinajstić information content (AvgIpc) is 2.49. The van der Waals surface area contributed by atoms with Gasteiger partial charge in [0.1, 0.15) is 5.82 Å². The Hall–Kier alpha value is -1.46. The van der Waals surface area contributed by atoms with Crippen molar-refractivity contribution >= 4 is 5.82 Å². The predicted octanol–water partition coefficient (Wildman–Crippen LogP) is 2.01. The highest BCUT2D eigenvalue weighted by atomic mass is 16.5. The largest absolute Gasteiger partial charge is 0.380 e. The van der Waals surface area contributed by atoms with Crippen molar-refractivity contribution < 1.29 is 4.74 Å². The Morgan fingerprint density at radius 3 is 2.76 bits per heavy atom. The smallest absolute Gasteiger partial charge is 0.147 e. The molecule has 5 nitrogen and oxygen atoms in total. The van der Waals surface area contributed by atoms with Gasteiger partial charge in [-0.1, -0.05) is 19.9 Å². The van der Waals surface area contributed by atoms with Gasteiger partial charge in [0.15, 0.2) is 0 Å². The lowest BCUT2D eigenvalue weighted by atomic mass is 10.1. The highest BCUT2D eigenvalue weighted by molar-refractivity contribution is 5.39. The number of nitrogens with one attached hydrogen (secondary N) is 1. The van der Waals surface area contributed by atoms with Crippen molar-refractivity contribution in [1.29, 1.82) is 0 Å². The highest BCUT2D eigenvalue weighted by Crippen LogP contribution is 2.16. The van der Waals surface area contributed by atoms with Crippen molar-refractivity contribution in [1.82, 2.24) is 15.3 Å². The van der Waals surface area contributed by atoms with E-state index in [1.54, 1.807) is 7.11 Å². The summed E-state index contributed by atoms with van der Waals surface area (Å²) in [6.07, 6.45) is 7.01. The molecule has 0 aliphatic carbocycles. The van der Waals surface area contributed by atoms with Gasteiger partial charge in [-0.05, 0) is 24.5 Å². The zero-order chi connectivity index (χ0) is 15.1. The van der Waals surface area contributed by atoms with E-state index in [2.05, 4.69) is 40.1 Å². The summed E-state index contributed by atoms with van der Waals surface area (Å²) in [5.74, 6) is 1.61. The predicted molar refractivity (Wildman–Crippen MR) is 85.4 cm³/mol. The van der Waals surface area contributed by atoms with E-state index in [4.69, 9.17) is 4.74 Å². The second kappa shape index (κ2) is 8.10. The molecule has 21 heavy (non-hydrogen) atoms. The summed E-state index contributed by atoms with van der Waals surface area (Å²) in [6.45, 7) is 8.78. The van der Waals surface area contributed by atoms with Crippen molar-refractivity contribution in [3.05, 3.63) is 29.7 Å². The van der Waals surface area contributed by atoms with Crippen LogP contribution < -0.4 is 10.2 Å². The SMILES string of the molecule is COCC1=CCN(c2cnc(CNCC(C)C)cn2)CC1. The fourth-order valence-electron chi connectivity index (χ4n) is 2.33. The maximum atomic E-state index is 5.17. The second-order valence-electron chi connectivity index (χ2n) is 5.88. The maximum absolute atomic E-state index is 5.17. The molecule has 0 saturated carbocycles. The first-order valence-corrected chi connectivity index (χ1v) is 7.62. The van der Waals surface area contributed by atoms with Crippen LogP contribution in [0.3, 0.4) is 0 Å². The minimum absolute atomic E-state index is 0.652. The molecule has 0 unspecified atom stereocenters. The van der Waals surface area contributed by atoms with E-state index in [-0.39, 0.29) is 0 Å². The number of hydrogen-bond acceptors (Lipinski definition) is 5. The standard InChI is InChI=1S/C16H26N4O/c1-13(2)8-17-9-15-10-19-16(11-18-15)20-6-4-14(5-7-20)12-21-3/h4,10-11,13,17H,5-9,12H2,1-3H3. The minimum atomic E-state index is 0.652. The summed E-state index contributed by atoms with van der Waals surface area (Å²) in [7, 11) is 1.74. The summed E-state index contributed by atoms with van der Waals surface area (Å²) >= 11 is 0. The molecule has 0 saturated heterocycles. The molecule has 2 heterocycles. The third-order valence-electron chi connectivity index (χ3n) is 3.51. The van der Waals surface area contributed by atoms with Crippen molar-refractivity contribution in [2.75, 3.05) is 38.3 Å². The van der Waals surface area contributed by atoms with Gasteiger partial charge in [-0.25, -0.2) is 4.98 Å². The molecular formula is C16H26N4O. The van der Waals surface area contributed by atoms with Crippen molar-refractivity contribution in [3.63, 3.8) is 0 Å². The summed E-state index contributed by atoms with van der Waals surface area (Å²) in [4.78, 5) is 11.3. The summed E-state index contributed by atoms with van der Waals surface area (Å²) in [5, 5.41) is 3.38. The van der Waals surface area contributed by atoms with E-state index in [0.29, 0.717) is 5.92 Å². The molecule has 0 atom stereocenters.